The van der Waals surface area contributed by atoms with Crippen molar-refractivity contribution in [1.82, 2.24) is 19.5 Å². The Morgan fingerprint density at radius 3 is 2.04 bits per heavy atom. The molecule has 5 atom stereocenters. The zero-order valence-electron chi connectivity index (χ0n) is 27.0. The first kappa shape index (κ1) is 33.5. The number of rotatable bonds is 13. The highest BCUT2D eigenvalue weighted by molar-refractivity contribution is 7.32. The standard InChI is InChI=1S/C37H35FN5O6P/c1-46-29-19-17-25(18-20-29)21-47-33-31(38)30(22-48-50(44)45)49-36(33)43-24-41-32-34(39-23-40-35(32)43)42-37(26-11-5-2-6-12-26,27-13-7-3-8-14-27)28-15-9-4-10-16-28/h2-20,23-24,30-31,33,36,50H,21-22H2,1H3,(H,44,45)(H,39,40,42)/t30-,31?,33+,36-/m1/s1. The Labute approximate surface area is 288 Å². The predicted molar refractivity (Wildman–Crippen MR) is 186 cm³/mol. The van der Waals surface area contributed by atoms with E-state index in [-0.39, 0.29) is 6.61 Å². The van der Waals surface area contributed by atoms with Crippen molar-refractivity contribution in [2.45, 2.75) is 36.8 Å². The number of alkyl halides is 1. The largest absolute Gasteiger partial charge is 0.497 e. The van der Waals surface area contributed by atoms with Crippen LogP contribution in [0.4, 0.5) is 10.2 Å². The van der Waals surface area contributed by atoms with Crippen LogP contribution in [0.25, 0.3) is 11.2 Å². The first-order valence-electron chi connectivity index (χ1n) is 16.0. The molecule has 0 spiro atoms. The first-order valence-corrected chi connectivity index (χ1v) is 17.3. The van der Waals surface area contributed by atoms with Crippen LogP contribution in [-0.2, 0) is 30.7 Å². The van der Waals surface area contributed by atoms with Gasteiger partial charge in [-0.25, -0.2) is 19.3 Å². The molecule has 50 heavy (non-hydrogen) atoms. The number of benzene rings is 4. The predicted octanol–water partition coefficient (Wildman–Crippen LogP) is 6.46. The van der Waals surface area contributed by atoms with Crippen molar-refractivity contribution in [3.8, 4) is 5.75 Å². The summed E-state index contributed by atoms with van der Waals surface area (Å²) in [6.45, 7) is -0.363. The Balaban J connectivity index is 1.28. The molecule has 1 fully saturated rings. The number of aromatic nitrogens is 4. The van der Waals surface area contributed by atoms with Crippen LogP contribution < -0.4 is 10.1 Å². The summed E-state index contributed by atoms with van der Waals surface area (Å²) < 4.78 is 51.4. The van der Waals surface area contributed by atoms with Gasteiger partial charge in [-0.15, -0.1) is 0 Å². The van der Waals surface area contributed by atoms with Gasteiger partial charge in [0.1, 0.15) is 29.8 Å². The zero-order valence-corrected chi connectivity index (χ0v) is 28.0. The Hall–Kier alpha value is -4.97. The van der Waals surface area contributed by atoms with E-state index in [4.69, 9.17) is 23.7 Å². The van der Waals surface area contributed by atoms with Gasteiger partial charge in [0.2, 0.25) is 0 Å². The van der Waals surface area contributed by atoms with E-state index in [9.17, 15) is 9.46 Å². The molecule has 13 heteroatoms. The fourth-order valence-electron chi connectivity index (χ4n) is 6.39. The number of hydrogen-bond acceptors (Lipinski definition) is 9. The minimum absolute atomic E-state index is 0.0707. The minimum atomic E-state index is -3.32. The summed E-state index contributed by atoms with van der Waals surface area (Å²) in [5.74, 6) is 1.12. The van der Waals surface area contributed by atoms with Gasteiger partial charge >= 0.3 is 8.25 Å². The smallest absolute Gasteiger partial charge is 0.316 e. The molecule has 11 nitrogen and oxygen atoms in total. The van der Waals surface area contributed by atoms with Gasteiger partial charge in [0.15, 0.2) is 29.4 Å². The summed E-state index contributed by atoms with van der Waals surface area (Å²) in [4.78, 5) is 23.2. The van der Waals surface area contributed by atoms with Crippen molar-refractivity contribution in [3.05, 3.63) is 150 Å². The van der Waals surface area contributed by atoms with Gasteiger partial charge in [-0.05, 0) is 34.4 Å². The van der Waals surface area contributed by atoms with Crippen LogP contribution in [0.1, 0.15) is 28.5 Å². The first-order chi connectivity index (χ1) is 24.5. The fourth-order valence-corrected chi connectivity index (χ4v) is 6.69. The van der Waals surface area contributed by atoms with Crippen LogP contribution in [0.15, 0.2) is 128 Å². The van der Waals surface area contributed by atoms with Gasteiger partial charge in [-0.2, -0.15) is 0 Å². The summed E-state index contributed by atoms with van der Waals surface area (Å²) in [6, 6.07) is 37.5. The van der Waals surface area contributed by atoms with Gasteiger partial charge in [0, 0.05) is 0 Å². The van der Waals surface area contributed by atoms with E-state index >= 15 is 4.39 Å². The molecule has 2 unspecified atom stereocenters. The Bertz CT molecular complexity index is 1940. The monoisotopic (exact) mass is 695 g/mol. The number of anilines is 1. The summed E-state index contributed by atoms with van der Waals surface area (Å²) in [5, 5.41) is 3.74. The van der Waals surface area contributed by atoms with Gasteiger partial charge in [0.05, 0.1) is 26.7 Å². The van der Waals surface area contributed by atoms with Gasteiger partial charge < -0.3 is 28.9 Å². The number of ether oxygens (including phenoxy) is 3. The average Bonchev–Trinajstić information content (AvgIpc) is 3.74. The normalized spacial score (nSPS) is 19.7. The highest BCUT2D eigenvalue weighted by Crippen LogP contribution is 2.42. The molecule has 2 aromatic heterocycles. The second-order valence-corrected chi connectivity index (χ2v) is 12.6. The molecule has 0 amide bonds. The SMILES string of the molecule is COc1ccc(CO[C@H]2C(F)[C@@H](CO[PH](=O)O)O[C@H]2n2cnc3c(NC(c4ccccc4)(c4ccccc4)c4ccccc4)ncnc32)cc1. The maximum atomic E-state index is 16.0. The Morgan fingerprint density at radius 2 is 1.48 bits per heavy atom. The van der Waals surface area contributed by atoms with Crippen molar-refractivity contribution in [1.29, 1.82) is 0 Å². The Morgan fingerprint density at radius 1 is 0.880 bits per heavy atom. The summed E-state index contributed by atoms with van der Waals surface area (Å²) in [6.07, 6.45) is -2.11. The third kappa shape index (κ3) is 6.64. The van der Waals surface area contributed by atoms with Crippen molar-refractivity contribution in [2.75, 3.05) is 19.0 Å². The highest BCUT2D eigenvalue weighted by Gasteiger charge is 2.48. The molecule has 1 aliphatic heterocycles. The third-order valence-electron chi connectivity index (χ3n) is 8.80. The van der Waals surface area contributed by atoms with Crippen LogP contribution in [-0.4, -0.2) is 56.5 Å². The number of nitrogens with zero attached hydrogens (tertiary/aromatic N) is 4. The van der Waals surface area contributed by atoms with Crippen LogP contribution in [0.3, 0.4) is 0 Å². The lowest BCUT2D eigenvalue weighted by Gasteiger charge is -2.37. The average molecular weight is 696 g/mol. The summed E-state index contributed by atoms with van der Waals surface area (Å²) >= 11 is 0. The van der Waals surface area contributed by atoms with Crippen LogP contribution >= 0.6 is 8.25 Å². The lowest BCUT2D eigenvalue weighted by Crippen LogP contribution is -2.38. The molecule has 0 radical (unpaired) electrons. The molecule has 256 valence electrons. The number of hydrogen-bond donors (Lipinski definition) is 2. The number of imidazole rings is 1. The molecule has 1 saturated heterocycles. The van der Waals surface area contributed by atoms with Gasteiger partial charge in [-0.3, -0.25) is 9.13 Å². The molecular formula is C37H35FN5O6P. The molecule has 2 N–H and O–H groups in total. The van der Waals surface area contributed by atoms with E-state index in [0.717, 1.165) is 22.3 Å². The molecule has 6 aromatic rings. The van der Waals surface area contributed by atoms with Crippen molar-refractivity contribution in [3.63, 3.8) is 0 Å². The molecule has 0 bridgehead atoms. The summed E-state index contributed by atoms with van der Waals surface area (Å²) in [7, 11) is -1.74. The maximum Gasteiger partial charge on any atom is 0.316 e. The van der Waals surface area contributed by atoms with E-state index in [0.29, 0.717) is 22.7 Å². The van der Waals surface area contributed by atoms with E-state index < -0.39 is 45.0 Å². The second kappa shape index (κ2) is 14.9. The van der Waals surface area contributed by atoms with Crippen molar-refractivity contribution >= 4 is 25.2 Å². The molecule has 4 aromatic carbocycles. The van der Waals surface area contributed by atoms with Crippen LogP contribution in [0.2, 0.25) is 0 Å². The van der Waals surface area contributed by atoms with E-state index in [2.05, 4.69) is 51.7 Å². The maximum absolute atomic E-state index is 16.0. The lowest BCUT2D eigenvalue weighted by molar-refractivity contribution is -0.0729. The molecule has 1 aliphatic rings. The molecule has 0 saturated carbocycles. The van der Waals surface area contributed by atoms with E-state index in [1.54, 1.807) is 23.8 Å². The molecule has 7 rings (SSSR count). The highest BCUT2D eigenvalue weighted by atomic mass is 31.1. The van der Waals surface area contributed by atoms with E-state index in [1.165, 1.54) is 12.7 Å². The van der Waals surface area contributed by atoms with Gasteiger partial charge in [-0.1, -0.05) is 103 Å². The van der Waals surface area contributed by atoms with Crippen molar-refractivity contribution < 1.29 is 32.6 Å². The topological polar surface area (TPSA) is 130 Å². The quantitative estimate of drug-likeness (QED) is 0.103. The molecule has 3 heterocycles. The third-order valence-corrected chi connectivity index (χ3v) is 9.21. The van der Waals surface area contributed by atoms with Gasteiger partial charge in [0.25, 0.3) is 0 Å². The summed E-state index contributed by atoms with van der Waals surface area (Å²) in [5.41, 5.74) is 3.62. The number of fused-ring (bicyclic) bond motifs is 1. The second-order valence-electron chi connectivity index (χ2n) is 11.7. The van der Waals surface area contributed by atoms with Crippen LogP contribution in [0.5, 0.6) is 5.75 Å². The van der Waals surface area contributed by atoms with Crippen molar-refractivity contribution in [2.24, 2.45) is 0 Å². The van der Waals surface area contributed by atoms with Crippen LogP contribution in [0, 0.1) is 0 Å². The lowest BCUT2D eigenvalue weighted by atomic mass is 9.77. The zero-order chi connectivity index (χ0) is 34.5. The number of methoxy groups -OCH3 is 1. The van der Waals surface area contributed by atoms with E-state index in [1.807, 2.05) is 66.7 Å². The molecule has 0 aliphatic carbocycles. The molecular weight excluding hydrogens is 660 g/mol. The number of halogens is 1. The fraction of sp³-hybridized carbons (Fsp3) is 0.216. The number of nitrogens with one attached hydrogen (secondary N) is 1. The Kier molecular flexibility index (Phi) is 9.97. The minimum Gasteiger partial charge on any atom is -0.497 e.